The molecule has 2 rings (SSSR count). The fraction of sp³-hybridized carbons (Fsp3) is 0.357. The van der Waals surface area contributed by atoms with Crippen molar-refractivity contribution in [3.05, 3.63) is 24.3 Å². The van der Waals surface area contributed by atoms with Crippen molar-refractivity contribution in [1.82, 2.24) is 15.0 Å². The lowest BCUT2D eigenvalue weighted by atomic mass is 10.3. The largest absolute Gasteiger partial charge is 0.497 e. The Morgan fingerprint density at radius 1 is 1.14 bits per heavy atom. The minimum Gasteiger partial charge on any atom is -0.497 e. The molecule has 0 bridgehead atoms. The van der Waals surface area contributed by atoms with Crippen molar-refractivity contribution in [1.29, 1.82) is 0 Å². The first-order valence-electron chi connectivity index (χ1n) is 6.61. The molecule has 0 aliphatic heterocycles. The quantitative estimate of drug-likeness (QED) is 0.873. The van der Waals surface area contributed by atoms with Gasteiger partial charge in [-0.2, -0.15) is 15.0 Å². The second-order valence-electron chi connectivity index (χ2n) is 4.45. The summed E-state index contributed by atoms with van der Waals surface area (Å²) >= 11 is 0. The van der Waals surface area contributed by atoms with Gasteiger partial charge in [-0.1, -0.05) is 6.07 Å². The highest BCUT2D eigenvalue weighted by atomic mass is 16.5. The van der Waals surface area contributed by atoms with Gasteiger partial charge in [0.15, 0.2) is 0 Å². The van der Waals surface area contributed by atoms with Gasteiger partial charge < -0.3 is 19.7 Å². The van der Waals surface area contributed by atoms with Crippen LogP contribution in [0.4, 0.5) is 11.9 Å². The number of hydrogen-bond acceptors (Lipinski definition) is 7. The number of nitrogens with one attached hydrogen (secondary N) is 1. The Balaban J connectivity index is 2.29. The second-order valence-corrected chi connectivity index (χ2v) is 4.45. The van der Waals surface area contributed by atoms with Gasteiger partial charge in [-0.05, 0) is 19.1 Å². The van der Waals surface area contributed by atoms with Crippen molar-refractivity contribution in [2.75, 3.05) is 38.0 Å². The van der Waals surface area contributed by atoms with Crippen LogP contribution in [0.2, 0.25) is 0 Å². The van der Waals surface area contributed by atoms with Crippen LogP contribution in [0.5, 0.6) is 17.5 Å². The Labute approximate surface area is 124 Å². The Bertz CT molecular complexity index is 604. The Morgan fingerprint density at radius 3 is 2.57 bits per heavy atom. The topological polar surface area (TPSA) is 72.4 Å². The highest BCUT2D eigenvalue weighted by Gasteiger charge is 2.10. The SMILES string of the molecule is CCNc1nc(Oc2cccc(OC)c2)nc(N(C)C)n1. The van der Waals surface area contributed by atoms with E-state index in [-0.39, 0.29) is 6.01 Å². The molecular weight excluding hydrogens is 270 g/mol. The molecule has 1 N–H and O–H groups in total. The van der Waals surface area contributed by atoms with Crippen molar-refractivity contribution < 1.29 is 9.47 Å². The van der Waals surface area contributed by atoms with E-state index in [9.17, 15) is 0 Å². The van der Waals surface area contributed by atoms with Crippen LogP contribution in [0.1, 0.15) is 6.92 Å². The first-order valence-corrected chi connectivity index (χ1v) is 6.61. The molecule has 21 heavy (non-hydrogen) atoms. The summed E-state index contributed by atoms with van der Waals surface area (Å²) in [6.07, 6.45) is 0. The predicted molar refractivity (Wildman–Crippen MR) is 81.4 cm³/mol. The van der Waals surface area contributed by atoms with Crippen molar-refractivity contribution in [2.24, 2.45) is 0 Å². The number of benzene rings is 1. The number of hydrogen-bond donors (Lipinski definition) is 1. The average Bonchev–Trinajstić information content (AvgIpc) is 2.47. The van der Waals surface area contributed by atoms with E-state index in [1.54, 1.807) is 18.1 Å². The van der Waals surface area contributed by atoms with E-state index < -0.39 is 0 Å². The standard InChI is InChI=1S/C14H19N5O2/c1-5-15-12-16-13(19(2)3)18-14(17-12)21-11-8-6-7-10(9-11)20-4/h6-9H,5H2,1-4H3,(H,15,16,17,18). The molecule has 1 aromatic carbocycles. The summed E-state index contributed by atoms with van der Waals surface area (Å²) in [5.74, 6) is 2.32. The van der Waals surface area contributed by atoms with Crippen LogP contribution < -0.4 is 19.7 Å². The number of ether oxygens (including phenoxy) is 2. The van der Waals surface area contributed by atoms with Crippen LogP contribution in [0.15, 0.2) is 24.3 Å². The van der Waals surface area contributed by atoms with Gasteiger partial charge >= 0.3 is 6.01 Å². The normalized spacial score (nSPS) is 10.1. The second kappa shape index (κ2) is 6.74. The summed E-state index contributed by atoms with van der Waals surface area (Å²) < 4.78 is 10.9. The maximum absolute atomic E-state index is 5.69. The van der Waals surface area contributed by atoms with E-state index in [0.29, 0.717) is 23.4 Å². The molecule has 0 radical (unpaired) electrons. The molecule has 0 aliphatic carbocycles. The van der Waals surface area contributed by atoms with Crippen molar-refractivity contribution in [3.8, 4) is 17.5 Å². The molecule has 0 amide bonds. The van der Waals surface area contributed by atoms with Crippen LogP contribution in [-0.4, -0.2) is 42.7 Å². The van der Waals surface area contributed by atoms with Gasteiger partial charge in [-0.3, -0.25) is 0 Å². The molecule has 0 unspecified atom stereocenters. The Morgan fingerprint density at radius 2 is 1.90 bits per heavy atom. The van der Waals surface area contributed by atoms with E-state index in [1.165, 1.54) is 0 Å². The fourth-order valence-corrected chi connectivity index (χ4v) is 1.60. The summed E-state index contributed by atoms with van der Waals surface area (Å²) in [7, 11) is 5.33. The maximum Gasteiger partial charge on any atom is 0.328 e. The zero-order valence-electron chi connectivity index (χ0n) is 12.6. The molecule has 1 heterocycles. The van der Waals surface area contributed by atoms with E-state index in [0.717, 1.165) is 6.54 Å². The molecule has 7 heteroatoms. The number of aromatic nitrogens is 3. The molecule has 1 aromatic heterocycles. The Kier molecular flexibility index (Phi) is 4.76. The molecule has 2 aromatic rings. The molecule has 112 valence electrons. The molecule has 0 fully saturated rings. The van der Waals surface area contributed by atoms with Gasteiger partial charge in [-0.15, -0.1) is 0 Å². The van der Waals surface area contributed by atoms with Crippen LogP contribution in [0.25, 0.3) is 0 Å². The molecular formula is C14H19N5O2. The molecule has 0 saturated carbocycles. The van der Waals surface area contributed by atoms with Crippen LogP contribution in [0.3, 0.4) is 0 Å². The zero-order valence-corrected chi connectivity index (χ0v) is 12.6. The summed E-state index contributed by atoms with van der Waals surface area (Å²) in [4.78, 5) is 14.6. The molecule has 7 nitrogen and oxygen atoms in total. The van der Waals surface area contributed by atoms with E-state index in [1.807, 2.05) is 39.2 Å². The van der Waals surface area contributed by atoms with E-state index in [2.05, 4.69) is 20.3 Å². The van der Waals surface area contributed by atoms with Gasteiger partial charge in [-0.25, -0.2) is 0 Å². The molecule has 0 aliphatic rings. The van der Waals surface area contributed by atoms with Gasteiger partial charge in [0.2, 0.25) is 11.9 Å². The lowest BCUT2D eigenvalue weighted by Gasteiger charge is -2.13. The summed E-state index contributed by atoms with van der Waals surface area (Å²) in [5.41, 5.74) is 0. The maximum atomic E-state index is 5.69. The van der Waals surface area contributed by atoms with Crippen LogP contribution in [-0.2, 0) is 0 Å². The molecule has 0 spiro atoms. The minimum atomic E-state index is 0.234. The number of methoxy groups -OCH3 is 1. The van der Waals surface area contributed by atoms with Gasteiger partial charge in [0.25, 0.3) is 0 Å². The lowest BCUT2D eigenvalue weighted by Crippen LogP contribution is -2.15. The van der Waals surface area contributed by atoms with E-state index >= 15 is 0 Å². The minimum absolute atomic E-state index is 0.234. The van der Waals surface area contributed by atoms with Crippen molar-refractivity contribution in [3.63, 3.8) is 0 Å². The Hall–Kier alpha value is -2.57. The average molecular weight is 289 g/mol. The highest BCUT2D eigenvalue weighted by molar-refractivity contribution is 5.39. The lowest BCUT2D eigenvalue weighted by molar-refractivity contribution is 0.404. The first kappa shape index (κ1) is 14.8. The number of anilines is 2. The highest BCUT2D eigenvalue weighted by Crippen LogP contribution is 2.24. The van der Waals surface area contributed by atoms with E-state index in [4.69, 9.17) is 9.47 Å². The zero-order chi connectivity index (χ0) is 15.2. The first-order chi connectivity index (χ1) is 10.1. The third-order valence-corrected chi connectivity index (χ3v) is 2.59. The molecule has 0 atom stereocenters. The summed E-state index contributed by atoms with van der Waals surface area (Å²) in [6, 6.07) is 7.50. The van der Waals surface area contributed by atoms with Crippen molar-refractivity contribution in [2.45, 2.75) is 6.92 Å². The van der Waals surface area contributed by atoms with Crippen LogP contribution in [0, 0.1) is 0 Å². The number of nitrogens with zero attached hydrogens (tertiary/aromatic N) is 4. The van der Waals surface area contributed by atoms with Crippen molar-refractivity contribution >= 4 is 11.9 Å². The fourth-order valence-electron chi connectivity index (χ4n) is 1.60. The van der Waals surface area contributed by atoms with Gasteiger partial charge in [0.05, 0.1) is 7.11 Å². The predicted octanol–water partition coefficient (Wildman–Crippen LogP) is 2.17. The summed E-state index contributed by atoms with van der Waals surface area (Å²) in [5, 5.41) is 3.06. The third-order valence-electron chi connectivity index (χ3n) is 2.59. The van der Waals surface area contributed by atoms with Gasteiger partial charge in [0, 0.05) is 26.7 Å². The van der Waals surface area contributed by atoms with Gasteiger partial charge in [0.1, 0.15) is 11.5 Å². The number of rotatable bonds is 6. The summed E-state index contributed by atoms with van der Waals surface area (Å²) in [6.45, 7) is 2.69. The third kappa shape index (κ3) is 3.95. The molecule has 0 saturated heterocycles. The smallest absolute Gasteiger partial charge is 0.328 e. The van der Waals surface area contributed by atoms with Crippen LogP contribution >= 0.6 is 0 Å². The monoisotopic (exact) mass is 289 g/mol.